The van der Waals surface area contributed by atoms with E-state index in [9.17, 15) is 4.79 Å². The second-order valence-corrected chi connectivity index (χ2v) is 6.26. The van der Waals surface area contributed by atoms with Crippen LogP contribution in [0.1, 0.15) is 11.4 Å². The first-order valence-corrected chi connectivity index (χ1v) is 7.67. The Balaban J connectivity index is 1.69. The second-order valence-electron chi connectivity index (χ2n) is 6.26. The van der Waals surface area contributed by atoms with Crippen LogP contribution in [0.5, 0.6) is 0 Å². The van der Waals surface area contributed by atoms with Crippen LogP contribution in [0, 0.1) is 6.92 Å². The summed E-state index contributed by atoms with van der Waals surface area (Å²) in [6.07, 6.45) is 0. The average Bonchev–Trinajstić information content (AvgIpc) is 2.59. The highest BCUT2D eigenvalue weighted by molar-refractivity contribution is 5.77. The van der Waals surface area contributed by atoms with Crippen LogP contribution in [0.3, 0.4) is 0 Å². The fourth-order valence-corrected chi connectivity index (χ4v) is 3.16. The number of morpholine rings is 1. The van der Waals surface area contributed by atoms with E-state index < -0.39 is 5.60 Å². The molecular formula is C16H23N3O3. The van der Waals surface area contributed by atoms with Crippen LogP contribution in [0.4, 0.5) is 0 Å². The van der Waals surface area contributed by atoms with Gasteiger partial charge in [0, 0.05) is 32.4 Å². The topological polar surface area (TPSA) is 54.9 Å². The van der Waals surface area contributed by atoms with Crippen LogP contribution >= 0.6 is 0 Å². The molecule has 1 aromatic heterocycles. The minimum absolute atomic E-state index is 0.0120. The zero-order valence-electron chi connectivity index (χ0n) is 13.2. The van der Waals surface area contributed by atoms with Crippen molar-refractivity contribution >= 4 is 5.91 Å². The highest BCUT2D eigenvalue weighted by atomic mass is 16.5. The minimum atomic E-state index is -0.428. The van der Waals surface area contributed by atoms with Gasteiger partial charge in [0.1, 0.15) is 12.2 Å². The number of hydrogen-bond acceptors (Lipinski definition) is 5. The molecule has 0 N–H and O–H groups in total. The van der Waals surface area contributed by atoms with E-state index in [1.54, 1.807) is 4.90 Å². The molecule has 0 saturated carbocycles. The van der Waals surface area contributed by atoms with E-state index in [2.05, 4.69) is 9.88 Å². The molecule has 3 rings (SSSR count). The van der Waals surface area contributed by atoms with E-state index in [0.29, 0.717) is 19.8 Å². The van der Waals surface area contributed by atoms with Crippen molar-refractivity contribution in [1.29, 1.82) is 0 Å². The Morgan fingerprint density at radius 1 is 1.36 bits per heavy atom. The number of carbonyl (C=O) groups is 1. The van der Waals surface area contributed by atoms with Crippen molar-refractivity contribution in [3.05, 3.63) is 29.6 Å². The van der Waals surface area contributed by atoms with Crippen LogP contribution < -0.4 is 0 Å². The summed E-state index contributed by atoms with van der Waals surface area (Å²) in [7, 11) is 1.81. The summed E-state index contributed by atoms with van der Waals surface area (Å²) in [4.78, 5) is 20.4. The van der Waals surface area contributed by atoms with Crippen molar-refractivity contribution in [3.63, 3.8) is 0 Å². The number of rotatable bonds is 2. The van der Waals surface area contributed by atoms with Crippen molar-refractivity contribution < 1.29 is 14.3 Å². The van der Waals surface area contributed by atoms with Gasteiger partial charge < -0.3 is 14.4 Å². The Morgan fingerprint density at radius 2 is 2.23 bits per heavy atom. The molecule has 0 radical (unpaired) electrons. The van der Waals surface area contributed by atoms with Crippen molar-refractivity contribution in [2.24, 2.45) is 0 Å². The molecule has 0 aromatic carbocycles. The molecule has 6 heteroatoms. The number of ether oxygens (including phenoxy) is 2. The number of amides is 1. The average molecular weight is 305 g/mol. The van der Waals surface area contributed by atoms with Gasteiger partial charge in [-0.25, -0.2) is 0 Å². The lowest BCUT2D eigenvalue weighted by molar-refractivity contribution is -0.143. The predicted octanol–water partition coefficient (Wildman–Crippen LogP) is 0.450. The summed E-state index contributed by atoms with van der Waals surface area (Å²) in [5.41, 5.74) is 1.67. The van der Waals surface area contributed by atoms with Gasteiger partial charge in [-0.15, -0.1) is 0 Å². The fraction of sp³-hybridized carbons (Fsp3) is 0.625. The number of aryl methyl sites for hydroxylation is 1. The van der Waals surface area contributed by atoms with Gasteiger partial charge in [-0.2, -0.15) is 0 Å². The third kappa shape index (κ3) is 3.45. The van der Waals surface area contributed by atoms with Crippen LogP contribution in [-0.2, 0) is 20.8 Å². The standard InChI is InChI=1S/C16H23N3O3/c1-13-4-3-5-14(17-13)8-19-6-7-22-16(11-19)10-18(2)15(20)9-21-12-16/h3-5H,6-12H2,1-2H3. The van der Waals surface area contributed by atoms with E-state index in [4.69, 9.17) is 9.47 Å². The Morgan fingerprint density at radius 3 is 3.05 bits per heavy atom. The first-order chi connectivity index (χ1) is 10.6. The maximum Gasteiger partial charge on any atom is 0.248 e. The summed E-state index contributed by atoms with van der Waals surface area (Å²) in [6, 6.07) is 6.09. The maximum atomic E-state index is 11.8. The highest BCUT2D eigenvalue weighted by Crippen LogP contribution is 2.23. The van der Waals surface area contributed by atoms with Gasteiger partial charge in [-0.3, -0.25) is 14.7 Å². The number of likely N-dealkylation sites (N-methyl/N-ethyl adjacent to an activating group) is 1. The minimum Gasteiger partial charge on any atom is -0.369 e. The van der Waals surface area contributed by atoms with Gasteiger partial charge in [0.25, 0.3) is 0 Å². The number of nitrogens with zero attached hydrogens (tertiary/aromatic N) is 3. The highest BCUT2D eigenvalue weighted by Gasteiger charge is 2.41. The normalized spacial score (nSPS) is 27.2. The quantitative estimate of drug-likeness (QED) is 0.794. The Hall–Kier alpha value is -1.50. The van der Waals surface area contributed by atoms with Crippen molar-refractivity contribution in [2.45, 2.75) is 19.1 Å². The second kappa shape index (κ2) is 6.32. The van der Waals surface area contributed by atoms with Crippen LogP contribution in [0.15, 0.2) is 18.2 Å². The third-order valence-electron chi connectivity index (χ3n) is 4.20. The Kier molecular flexibility index (Phi) is 4.42. The Labute approximate surface area is 131 Å². The summed E-state index contributed by atoms with van der Waals surface area (Å²) < 4.78 is 11.5. The lowest BCUT2D eigenvalue weighted by atomic mass is 10.0. The largest absolute Gasteiger partial charge is 0.369 e. The smallest absolute Gasteiger partial charge is 0.248 e. The zero-order chi connectivity index (χ0) is 15.6. The molecular weight excluding hydrogens is 282 g/mol. The van der Waals surface area contributed by atoms with Gasteiger partial charge in [0.15, 0.2) is 0 Å². The molecule has 1 amide bonds. The summed E-state index contributed by atoms with van der Waals surface area (Å²) in [6.45, 7) is 6.24. The molecule has 2 aliphatic rings. The van der Waals surface area contributed by atoms with E-state index in [1.165, 1.54) is 0 Å². The molecule has 1 spiro atoms. The van der Waals surface area contributed by atoms with Gasteiger partial charge in [-0.1, -0.05) is 6.07 Å². The summed E-state index contributed by atoms with van der Waals surface area (Å²) in [5, 5.41) is 0. The van der Waals surface area contributed by atoms with E-state index in [0.717, 1.165) is 31.0 Å². The SMILES string of the molecule is Cc1cccc(CN2CCOC3(COCC(=O)N(C)C3)C2)n1. The van der Waals surface area contributed by atoms with E-state index >= 15 is 0 Å². The van der Waals surface area contributed by atoms with Crippen molar-refractivity contribution in [2.75, 3.05) is 46.5 Å². The summed E-state index contributed by atoms with van der Waals surface area (Å²) in [5.74, 6) is 0.0120. The van der Waals surface area contributed by atoms with Crippen LogP contribution in [0.25, 0.3) is 0 Å². The first-order valence-electron chi connectivity index (χ1n) is 7.67. The first kappa shape index (κ1) is 15.4. The molecule has 3 heterocycles. The number of hydrogen-bond donors (Lipinski definition) is 0. The van der Waals surface area contributed by atoms with Crippen LogP contribution in [-0.4, -0.2) is 72.8 Å². The van der Waals surface area contributed by atoms with E-state index in [1.807, 2.05) is 32.2 Å². The predicted molar refractivity (Wildman–Crippen MR) is 81.4 cm³/mol. The van der Waals surface area contributed by atoms with Gasteiger partial charge in [0.2, 0.25) is 5.91 Å². The molecule has 0 bridgehead atoms. The third-order valence-corrected chi connectivity index (χ3v) is 4.20. The van der Waals surface area contributed by atoms with E-state index in [-0.39, 0.29) is 12.5 Å². The summed E-state index contributed by atoms with van der Waals surface area (Å²) >= 11 is 0. The molecule has 1 unspecified atom stereocenters. The molecule has 6 nitrogen and oxygen atoms in total. The molecule has 2 aliphatic heterocycles. The number of pyridine rings is 1. The van der Waals surface area contributed by atoms with Gasteiger partial charge in [0.05, 0.1) is 25.5 Å². The fourth-order valence-electron chi connectivity index (χ4n) is 3.16. The van der Waals surface area contributed by atoms with Crippen molar-refractivity contribution in [1.82, 2.24) is 14.8 Å². The molecule has 22 heavy (non-hydrogen) atoms. The van der Waals surface area contributed by atoms with Gasteiger partial charge >= 0.3 is 0 Å². The molecule has 2 saturated heterocycles. The lowest BCUT2D eigenvalue weighted by Gasteiger charge is -2.42. The van der Waals surface area contributed by atoms with Crippen LogP contribution in [0.2, 0.25) is 0 Å². The Bertz CT molecular complexity index is 551. The lowest BCUT2D eigenvalue weighted by Crippen LogP contribution is -2.58. The molecule has 1 atom stereocenters. The van der Waals surface area contributed by atoms with Crippen molar-refractivity contribution in [3.8, 4) is 0 Å². The maximum absolute atomic E-state index is 11.8. The molecule has 0 aliphatic carbocycles. The number of carbonyl (C=O) groups excluding carboxylic acids is 1. The molecule has 120 valence electrons. The molecule has 2 fully saturated rings. The number of aromatic nitrogens is 1. The van der Waals surface area contributed by atoms with Gasteiger partial charge in [-0.05, 0) is 19.1 Å². The molecule has 1 aromatic rings. The monoisotopic (exact) mass is 305 g/mol. The zero-order valence-corrected chi connectivity index (χ0v) is 13.2.